The van der Waals surface area contributed by atoms with E-state index in [0.29, 0.717) is 23.5 Å². The SMILES string of the molecule is COc1ccccc1N1CCN(c2ccc(NC(=O)Nc3cccc(C)c3)cc2C(=O)NCCN2CCOCC2)CC1. The number of benzene rings is 3. The van der Waals surface area contributed by atoms with Crippen LogP contribution in [0, 0.1) is 6.92 Å². The Labute approximate surface area is 247 Å². The Kier molecular flexibility index (Phi) is 9.78. The Morgan fingerprint density at radius 3 is 2.21 bits per heavy atom. The van der Waals surface area contributed by atoms with Crippen LogP contribution in [0.4, 0.5) is 27.5 Å². The number of aryl methyl sites for hydroxylation is 1. The van der Waals surface area contributed by atoms with E-state index in [-0.39, 0.29) is 11.9 Å². The summed E-state index contributed by atoms with van der Waals surface area (Å²) in [6.45, 7) is 9.51. The molecule has 0 atom stereocenters. The van der Waals surface area contributed by atoms with Gasteiger partial charge in [0, 0.05) is 69.4 Å². The van der Waals surface area contributed by atoms with Gasteiger partial charge < -0.3 is 35.2 Å². The van der Waals surface area contributed by atoms with Crippen molar-refractivity contribution >= 4 is 34.7 Å². The lowest BCUT2D eigenvalue weighted by Gasteiger charge is -2.38. The van der Waals surface area contributed by atoms with Crippen molar-refractivity contribution < 1.29 is 19.1 Å². The molecule has 5 rings (SSSR count). The summed E-state index contributed by atoms with van der Waals surface area (Å²) in [5.74, 6) is 0.693. The highest BCUT2D eigenvalue weighted by molar-refractivity contribution is 6.04. The normalized spacial score (nSPS) is 15.7. The van der Waals surface area contributed by atoms with Crippen molar-refractivity contribution in [3.05, 3.63) is 77.9 Å². The van der Waals surface area contributed by atoms with Crippen LogP contribution in [-0.2, 0) is 4.74 Å². The summed E-state index contributed by atoms with van der Waals surface area (Å²) in [6, 6.07) is 20.8. The molecule has 222 valence electrons. The fraction of sp³-hybridized carbons (Fsp3) is 0.375. The number of piperazine rings is 1. The zero-order chi connectivity index (χ0) is 29.3. The second-order valence-corrected chi connectivity index (χ2v) is 10.5. The maximum absolute atomic E-state index is 13.5. The average Bonchev–Trinajstić information content (AvgIpc) is 3.01. The van der Waals surface area contributed by atoms with Gasteiger partial charge in [0.05, 0.1) is 31.6 Å². The Morgan fingerprint density at radius 2 is 1.50 bits per heavy atom. The fourth-order valence-corrected chi connectivity index (χ4v) is 5.41. The van der Waals surface area contributed by atoms with Gasteiger partial charge in [-0.15, -0.1) is 0 Å². The minimum Gasteiger partial charge on any atom is -0.495 e. The Morgan fingerprint density at radius 1 is 0.810 bits per heavy atom. The van der Waals surface area contributed by atoms with Crippen molar-refractivity contribution in [3.8, 4) is 5.75 Å². The number of rotatable bonds is 9. The van der Waals surface area contributed by atoms with E-state index in [9.17, 15) is 9.59 Å². The fourth-order valence-electron chi connectivity index (χ4n) is 5.41. The number of methoxy groups -OCH3 is 1. The maximum Gasteiger partial charge on any atom is 0.323 e. The van der Waals surface area contributed by atoms with E-state index < -0.39 is 0 Å². The molecule has 2 saturated heterocycles. The van der Waals surface area contributed by atoms with Crippen LogP contribution in [0.5, 0.6) is 5.75 Å². The first-order valence-corrected chi connectivity index (χ1v) is 14.5. The number of carbonyl (C=O) groups is 2. The van der Waals surface area contributed by atoms with Gasteiger partial charge in [0.25, 0.3) is 5.91 Å². The van der Waals surface area contributed by atoms with Crippen LogP contribution in [-0.4, -0.2) is 89.5 Å². The van der Waals surface area contributed by atoms with Gasteiger partial charge in [-0.3, -0.25) is 9.69 Å². The molecular formula is C32H40N6O4. The summed E-state index contributed by atoms with van der Waals surface area (Å²) in [5.41, 5.74) is 4.77. The number of morpholine rings is 1. The molecule has 2 fully saturated rings. The molecule has 10 nitrogen and oxygen atoms in total. The predicted molar refractivity (Wildman–Crippen MR) is 167 cm³/mol. The van der Waals surface area contributed by atoms with Crippen LogP contribution >= 0.6 is 0 Å². The van der Waals surface area contributed by atoms with Crippen molar-refractivity contribution in [3.63, 3.8) is 0 Å². The number of hydrogen-bond donors (Lipinski definition) is 3. The molecule has 3 aromatic carbocycles. The van der Waals surface area contributed by atoms with Crippen LogP contribution < -0.4 is 30.5 Å². The summed E-state index contributed by atoms with van der Waals surface area (Å²) >= 11 is 0. The molecule has 0 aromatic heterocycles. The number of anilines is 4. The Bertz CT molecular complexity index is 1370. The molecule has 0 unspecified atom stereocenters. The quantitative estimate of drug-likeness (QED) is 0.356. The monoisotopic (exact) mass is 572 g/mol. The highest BCUT2D eigenvalue weighted by Gasteiger charge is 2.24. The second kappa shape index (κ2) is 14.1. The smallest absolute Gasteiger partial charge is 0.323 e. The molecule has 3 N–H and O–H groups in total. The summed E-state index contributed by atoms with van der Waals surface area (Å²) < 4.78 is 11.0. The van der Waals surface area contributed by atoms with Gasteiger partial charge >= 0.3 is 6.03 Å². The predicted octanol–water partition coefficient (Wildman–Crippen LogP) is 4.04. The zero-order valence-electron chi connectivity index (χ0n) is 24.4. The summed E-state index contributed by atoms with van der Waals surface area (Å²) in [4.78, 5) is 33.1. The van der Waals surface area contributed by atoms with E-state index in [4.69, 9.17) is 9.47 Å². The highest BCUT2D eigenvalue weighted by atomic mass is 16.5. The third-order valence-electron chi connectivity index (χ3n) is 7.64. The number of hydrogen-bond acceptors (Lipinski definition) is 7. The third kappa shape index (κ3) is 7.51. The first-order valence-electron chi connectivity index (χ1n) is 14.5. The molecule has 2 heterocycles. The number of carbonyl (C=O) groups excluding carboxylic acids is 2. The lowest BCUT2D eigenvalue weighted by Crippen LogP contribution is -2.47. The lowest BCUT2D eigenvalue weighted by atomic mass is 10.1. The number of nitrogens with one attached hydrogen (secondary N) is 3. The second-order valence-electron chi connectivity index (χ2n) is 10.5. The number of nitrogens with zero attached hydrogens (tertiary/aromatic N) is 3. The van der Waals surface area contributed by atoms with E-state index in [1.54, 1.807) is 13.2 Å². The van der Waals surface area contributed by atoms with Gasteiger partial charge in [0.15, 0.2) is 0 Å². The molecule has 0 spiro atoms. The molecule has 0 saturated carbocycles. The van der Waals surface area contributed by atoms with Crippen LogP contribution in [0.15, 0.2) is 66.7 Å². The first-order chi connectivity index (χ1) is 20.5. The van der Waals surface area contributed by atoms with Crippen LogP contribution in [0.25, 0.3) is 0 Å². The summed E-state index contributed by atoms with van der Waals surface area (Å²) in [6.07, 6.45) is 0. The number of urea groups is 1. The zero-order valence-corrected chi connectivity index (χ0v) is 24.4. The topological polar surface area (TPSA) is 98.4 Å². The van der Waals surface area contributed by atoms with Gasteiger partial charge in [0.2, 0.25) is 0 Å². The van der Waals surface area contributed by atoms with Crippen LogP contribution in [0.2, 0.25) is 0 Å². The summed E-state index contributed by atoms with van der Waals surface area (Å²) in [5, 5.41) is 8.86. The van der Waals surface area contributed by atoms with Crippen LogP contribution in [0.1, 0.15) is 15.9 Å². The molecule has 0 aliphatic carbocycles. The van der Waals surface area contributed by atoms with E-state index in [1.165, 1.54) is 0 Å². The largest absolute Gasteiger partial charge is 0.495 e. The van der Waals surface area contributed by atoms with E-state index in [2.05, 4.69) is 36.7 Å². The molecule has 0 radical (unpaired) electrons. The van der Waals surface area contributed by atoms with E-state index >= 15 is 0 Å². The molecule has 3 aromatic rings. The lowest BCUT2D eigenvalue weighted by molar-refractivity contribution is 0.0383. The van der Waals surface area contributed by atoms with Crippen LogP contribution in [0.3, 0.4) is 0 Å². The molecule has 0 bridgehead atoms. The Balaban J connectivity index is 1.29. The van der Waals surface area contributed by atoms with Crippen molar-refractivity contribution in [1.82, 2.24) is 10.2 Å². The minimum absolute atomic E-state index is 0.159. The molecule has 42 heavy (non-hydrogen) atoms. The first kappa shape index (κ1) is 29.2. The van der Waals surface area contributed by atoms with Crippen molar-refractivity contribution in [1.29, 1.82) is 0 Å². The standard InChI is InChI=1S/C32H40N6O4/c1-24-6-5-7-25(22-24)34-32(40)35-26-10-11-28(27(23-26)31(39)33-12-13-36-18-20-42-21-19-36)37-14-16-38(17-15-37)29-8-3-4-9-30(29)41-2/h3-11,22-23H,12-21H2,1-2H3,(H,33,39)(H2,34,35,40). The molecule has 10 heteroatoms. The van der Waals surface area contributed by atoms with Gasteiger partial charge in [0.1, 0.15) is 5.75 Å². The molecule has 3 amide bonds. The highest BCUT2D eigenvalue weighted by Crippen LogP contribution is 2.31. The Hall–Kier alpha value is -4.28. The average molecular weight is 573 g/mol. The number of para-hydroxylation sites is 2. The van der Waals surface area contributed by atoms with E-state index in [1.807, 2.05) is 61.5 Å². The maximum atomic E-state index is 13.5. The van der Waals surface area contributed by atoms with Crippen molar-refractivity contribution in [2.24, 2.45) is 0 Å². The van der Waals surface area contributed by atoms with Crippen molar-refractivity contribution in [2.75, 3.05) is 93.1 Å². The molecule has 2 aliphatic rings. The number of amides is 3. The minimum atomic E-state index is -0.363. The number of ether oxygens (including phenoxy) is 2. The molecule has 2 aliphatic heterocycles. The van der Waals surface area contributed by atoms with Crippen molar-refractivity contribution in [2.45, 2.75) is 6.92 Å². The molecular weight excluding hydrogens is 532 g/mol. The van der Waals surface area contributed by atoms with Gasteiger partial charge in [-0.1, -0.05) is 24.3 Å². The summed E-state index contributed by atoms with van der Waals surface area (Å²) in [7, 11) is 1.69. The third-order valence-corrected chi connectivity index (χ3v) is 7.64. The van der Waals surface area contributed by atoms with Gasteiger partial charge in [-0.25, -0.2) is 4.79 Å². The van der Waals surface area contributed by atoms with Gasteiger partial charge in [-0.2, -0.15) is 0 Å². The van der Waals surface area contributed by atoms with Gasteiger partial charge in [-0.05, 0) is 55.0 Å². The van der Waals surface area contributed by atoms with E-state index in [0.717, 1.165) is 81.7 Å².